The molecule has 1 aromatic heterocycles. The van der Waals surface area contributed by atoms with E-state index in [9.17, 15) is 32.9 Å². The van der Waals surface area contributed by atoms with Gasteiger partial charge < -0.3 is 14.2 Å². The van der Waals surface area contributed by atoms with Crippen molar-refractivity contribution >= 4 is 39.5 Å². The van der Waals surface area contributed by atoms with Crippen molar-refractivity contribution in [3.05, 3.63) is 142 Å². The molecule has 13 heteroatoms. The number of carbonyl (C=O) groups excluding carboxylic acids is 3. The summed E-state index contributed by atoms with van der Waals surface area (Å²) < 4.78 is 43.0. The fraction of sp³-hybridized carbons (Fsp3) is 0.200. The number of nitrogens with zero attached hydrogens (tertiary/aromatic N) is 2. The molecular weight excluding hydrogens is 640 g/mol. The average Bonchev–Trinajstić information content (AvgIpc) is 3.26. The third kappa shape index (κ3) is 5.84. The number of pyridine rings is 1. The fourth-order valence-electron chi connectivity index (χ4n) is 6.18. The summed E-state index contributed by atoms with van der Waals surface area (Å²) in [6.07, 6.45) is 0.639. The lowest BCUT2D eigenvalue weighted by molar-refractivity contribution is -0.384. The van der Waals surface area contributed by atoms with E-state index < -0.39 is 67.2 Å². The maximum atomic E-state index is 14.3. The first-order valence-electron chi connectivity index (χ1n) is 14.8. The van der Waals surface area contributed by atoms with Gasteiger partial charge in [0.15, 0.2) is 21.7 Å². The van der Waals surface area contributed by atoms with Crippen LogP contribution in [0.3, 0.4) is 0 Å². The zero-order valence-corrected chi connectivity index (χ0v) is 26.2. The monoisotopic (exact) mass is 668 g/mol. The van der Waals surface area contributed by atoms with Crippen LogP contribution in [0.25, 0.3) is 6.08 Å². The van der Waals surface area contributed by atoms with Crippen molar-refractivity contribution in [3.8, 4) is 5.75 Å². The van der Waals surface area contributed by atoms with Gasteiger partial charge in [0.2, 0.25) is 0 Å². The summed E-state index contributed by atoms with van der Waals surface area (Å²) in [5.74, 6) is -4.45. The molecule has 3 aromatic carbocycles. The predicted octanol–water partition coefficient (Wildman–Crippen LogP) is 5.29. The van der Waals surface area contributed by atoms with E-state index in [0.29, 0.717) is 16.8 Å². The summed E-state index contributed by atoms with van der Waals surface area (Å²) >= 11 is 0. The molecule has 4 atom stereocenters. The Morgan fingerprint density at radius 2 is 1.54 bits per heavy atom. The number of carbonyl (C=O) groups is 3. The first-order chi connectivity index (χ1) is 23.0. The van der Waals surface area contributed by atoms with Crippen molar-refractivity contribution < 1.29 is 41.9 Å². The lowest BCUT2D eigenvalue weighted by Gasteiger charge is -2.34. The molecule has 0 amide bonds. The summed E-state index contributed by atoms with van der Waals surface area (Å²) in [5.41, 5.74) is 1.33. The van der Waals surface area contributed by atoms with Crippen LogP contribution in [0.15, 0.2) is 115 Å². The number of hydrogen-bond acceptors (Lipinski definition) is 11. The Morgan fingerprint density at radius 1 is 0.938 bits per heavy atom. The van der Waals surface area contributed by atoms with Gasteiger partial charge in [0.25, 0.3) is 5.69 Å². The second kappa shape index (κ2) is 12.8. The lowest BCUT2D eigenvalue weighted by Crippen LogP contribution is -2.49. The summed E-state index contributed by atoms with van der Waals surface area (Å²) in [6.45, 7) is 0.400. The molecule has 0 bridgehead atoms. The molecule has 1 saturated carbocycles. The number of nitro benzene ring substituents is 1. The smallest absolute Gasteiger partial charge is 0.452 e. The number of ether oxygens (including phenoxy) is 3. The molecule has 0 radical (unpaired) electrons. The van der Waals surface area contributed by atoms with Gasteiger partial charge in [-0.2, -0.15) is 0 Å². The van der Waals surface area contributed by atoms with Crippen LogP contribution >= 0.6 is 0 Å². The van der Waals surface area contributed by atoms with Crippen LogP contribution in [0.2, 0.25) is 0 Å². The number of ketones is 1. The quantitative estimate of drug-likeness (QED) is 0.0747. The number of hydrogen-bond donors (Lipinski definition) is 0. The summed E-state index contributed by atoms with van der Waals surface area (Å²) in [7, 11) is -4.40. The number of esters is 1. The number of nitro groups is 1. The highest BCUT2D eigenvalue weighted by Gasteiger charge is 2.74. The molecule has 4 aromatic rings. The van der Waals surface area contributed by atoms with Crippen LogP contribution in [0.1, 0.15) is 29.8 Å². The highest BCUT2D eigenvalue weighted by atomic mass is 32.2. The standard InChI is InChI=1S/C35H28N2O10S/c1-35(21-45-34(40)46-26-17-15-25(16-18-26)37(41)42)29(28-30(38)27(32(28)48(35,43)44)20-24-14-8-9-19-36-24)33(39)47-31(22-10-4-2-5-11-22)23-12-6-3-7-13-23/h2-20,28-29,31-32H,21H2,1H3/b27-20-/t28?,29-,32+,35-/m0/s1. The van der Waals surface area contributed by atoms with Gasteiger partial charge in [-0.1, -0.05) is 66.7 Å². The fourth-order valence-corrected chi connectivity index (χ4v) is 8.77. The van der Waals surface area contributed by atoms with E-state index in [4.69, 9.17) is 14.2 Å². The average molecular weight is 669 g/mol. The van der Waals surface area contributed by atoms with Gasteiger partial charge in [0.1, 0.15) is 22.4 Å². The van der Waals surface area contributed by atoms with Crippen molar-refractivity contribution in [1.29, 1.82) is 0 Å². The van der Waals surface area contributed by atoms with Crippen molar-refractivity contribution in [2.24, 2.45) is 11.8 Å². The molecule has 2 heterocycles. The minimum absolute atomic E-state index is 0.0312. The van der Waals surface area contributed by atoms with Gasteiger partial charge in [-0.05, 0) is 48.4 Å². The van der Waals surface area contributed by atoms with Gasteiger partial charge >= 0.3 is 12.1 Å². The summed E-state index contributed by atoms with van der Waals surface area (Å²) in [5, 5.41) is 9.57. The topological polar surface area (TPSA) is 169 Å². The minimum atomic E-state index is -4.40. The number of non-ortho nitro benzene ring substituents is 1. The molecule has 48 heavy (non-hydrogen) atoms. The first-order valence-corrected chi connectivity index (χ1v) is 16.4. The van der Waals surface area contributed by atoms with Crippen LogP contribution in [-0.2, 0) is 28.9 Å². The molecule has 2 fully saturated rings. The maximum absolute atomic E-state index is 14.3. The van der Waals surface area contributed by atoms with E-state index >= 15 is 0 Å². The Labute approximate surface area is 275 Å². The second-order valence-corrected chi connectivity index (χ2v) is 14.1. The maximum Gasteiger partial charge on any atom is 0.513 e. The summed E-state index contributed by atoms with van der Waals surface area (Å²) in [4.78, 5) is 55.1. The van der Waals surface area contributed by atoms with Crippen molar-refractivity contribution in [2.75, 3.05) is 6.61 Å². The van der Waals surface area contributed by atoms with E-state index in [1.165, 1.54) is 31.3 Å². The normalized spacial score (nSPS) is 23.2. The van der Waals surface area contributed by atoms with Gasteiger partial charge in [-0.3, -0.25) is 24.7 Å². The van der Waals surface area contributed by atoms with Gasteiger partial charge in [-0.15, -0.1) is 0 Å². The Morgan fingerprint density at radius 3 is 2.10 bits per heavy atom. The largest absolute Gasteiger partial charge is 0.513 e. The highest BCUT2D eigenvalue weighted by molar-refractivity contribution is 7.94. The molecule has 1 aliphatic heterocycles. The zero-order valence-electron chi connectivity index (χ0n) is 25.4. The number of aromatic nitrogens is 1. The Hall–Kier alpha value is -5.69. The molecule has 2 aliphatic rings. The molecule has 244 valence electrons. The number of Topliss-reactive ketones (excluding diaryl/α,β-unsaturated/α-hetero) is 1. The Bertz CT molecular complexity index is 1960. The van der Waals surface area contributed by atoms with Crippen LogP contribution in [0.5, 0.6) is 5.75 Å². The SMILES string of the molecule is C[C@]1(COC(=O)Oc2ccc([N+](=O)[O-])cc2)[C@H](C(=O)OC(c2ccccc2)c2ccccc2)C2C(=O)/C(=C/c3ccccn3)[C@H]2S1(=O)=O. The number of rotatable bonds is 9. The van der Waals surface area contributed by atoms with E-state index in [1.54, 1.807) is 78.9 Å². The molecule has 12 nitrogen and oxygen atoms in total. The van der Waals surface area contributed by atoms with Crippen LogP contribution in [0, 0.1) is 22.0 Å². The van der Waals surface area contributed by atoms with E-state index in [0.717, 1.165) is 12.1 Å². The lowest BCUT2D eigenvalue weighted by atomic mass is 9.67. The van der Waals surface area contributed by atoms with Crippen LogP contribution < -0.4 is 4.74 Å². The van der Waals surface area contributed by atoms with Crippen LogP contribution in [-0.4, -0.2) is 52.8 Å². The second-order valence-electron chi connectivity index (χ2n) is 11.5. The molecule has 6 rings (SSSR count). The van der Waals surface area contributed by atoms with Gasteiger partial charge in [-0.25, -0.2) is 13.2 Å². The first kappa shape index (κ1) is 32.3. The summed E-state index contributed by atoms with van der Waals surface area (Å²) in [6, 6.07) is 27.3. The molecule has 0 spiro atoms. The molecule has 1 unspecified atom stereocenters. The van der Waals surface area contributed by atoms with E-state index in [-0.39, 0.29) is 17.0 Å². The molecule has 0 N–H and O–H groups in total. The Balaban J connectivity index is 1.33. The molecule has 1 saturated heterocycles. The Kier molecular flexibility index (Phi) is 8.63. The van der Waals surface area contributed by atoms with Gasteiger partial charge in [0, 0.05) is 23.9 Å². The highest BCUT2D eigenvalue weighted by Crippen LogP contribution is 2.57. The third-order valence-corrected chi connectivity index (χ3v) is 11.5. The van der Waals surface area contributed by atoms with E-state index in [2.05, 4.69) is 4.98 Å². The van der Waals surface area contributed by atoms with Crippen molar-refractivity contribution in [3.63, 3.8) is 0 Å². The number of benzene rings is 3. The van der Waals surface area contributed by atoms with Crippen molar-refractivity contribution in [2.45, 2.75) is 23.0 Å². The predicted molar refractivity (Wildman–Crippen MR) is 171 cm³/mol. The number of fused-ring (bicyclic) bond motifs is 1. The van der Waals surface area contributed by atoms with E-state index in [1.807, 2.05) is 0 Å². The van der Waals surface area contributed by atoms with Gasteiger partial charge in [0.05, 0.1) is 22.5 Å². The zero-order chi connectivity index (χ0) is 34.1. The van der Waals surface area contributed by atoms with Crippen molar-refractivity contribution in [1.82, 2.24) is 4.98 Å². The minimum Gasteiger partial charge on any atom is -0.452 e. The number of sulfone groups is 1. The third-order valence-electron chi connectivity index (χ3n) is 8.63. The molecular formula is C35H28N2O10S. The van der Waals surface area contributed by atoms with Crippen LogP contribution in [0.4, 0.5) is 10.5 Å². The molecule has 1 aliphatic carbocycles.